The molecule has 1 aromatic heterocycles. The van der Waals surface area contributed by atoms with Crippen molar-refractivity contribution in [1.29, 1.82) is 0 Å². The third-order valence-corrected chi connectivity index (χ3v) is 7.80. The lowest BCUT2D eigenvalue weighted by Crippen LogP contribution is -2.52. The number of rotatable bonds is 4. The number of carbonyl (C=O) groups is 2. The smallest absolute Gasteiger partial charge is 0.323 e. The standard InChI is InChI=1S/C19H27BrN4O2S/c1-14-4-6-19(7-5-14)17(25)24(18(26)21-19)13-23-10-8-22(9-11-23)12-15-2-3-16(20)27-15/h2-3,14H,4-13H2,1H3,(H,21,26). The molecule has 2 aliphatic heterocycles. The Kier molecular flexibility index (Phi) is 5.60. The molecular weight excluding hydrogens is 428 g/mol. The molecule has 1 aromatic rings. The van der Waals surface area contributed by atoms with E-state index in [1.54, 1.807) is 11.3 Å². The minimum Gasteiger partial charge on any atom is -0.323 e. The topological polar surface area (TPSA) is 55.9 Å². The number of nitrogens with one attached hydrogen (secondary N) is 1. The highest BCUT2D eigenvalue weighted by molar-refractivity contribution is 9.11. The predicted molar refractivity (Wildman–Crippen MR) is 109 cm³/mol. The Hall–Kier alpha value is -0.960. The van der Waals surface area contributed by atoms with Crippen LogP contribution >= 0.6 is 27.3 Å². The zero-order valence-electron chi connectivity index (χ0n) is 15.7. The summed E-state index contributed by atoms with van der Waals surface area (Å²) in [5.41, 5.74) is -0.627. The number of urea groups is 1. The fourth-order valence-corrected chi connectivity index (χ4v) is 5.87. The average Bonchev–Trinajstić information content (AvgIpc) is 3.16. The van der Waals surface area contributed by atoms with Crippen molar-refractivity contribution in [3.8, 4) is 0 Å². The number of piperazine rings is 1. The van der Waals surface area contributed by atoms with Crippen molar-refractivity contribution in [3.05, 3.63) is 20.8 Å². The van der Waals surface area contributed by atoms with Crippen LogP contribution in [0.2, 0.25) is 0 Å². The second-order valence-electron chi connectivity index (χ2n) is 8.17. The van der Waals surface area contributed by atoms with Crippen molar-refractivity contribution in [3.63, 3.8) is 0 Å². The molecule has 0 unspecified atom stereocenters. The zero-order valence-corrected chi connectivity index (χ0v) is 18.1. The Morgan fingerprint density at radius 3 is 2.44 bits per heavy atom. The van der Waals surface area contributed by atoms with Crippen molar-refractivity contribution in [2.24, 2.45) is 5.92 Å². The number of imide groups is 1. The highest BCUT2D eigenvalue weighted by Crippen LogP contribution is 2.36. The second-order valence-corrected chi connectivity index (χ2v) is 10.7. The number of nitrogens with zero attached hydrogens (tertiary/aromatic N) is 3. The van der Waals surface area contributed by atoms with Gasteiger partial charge in [-0.15, -0.1) is 11.3 Å². The van der Waals surface area contributed by atoms with Gasteiger partial charge in [0.25, 0.3) is 5.91 Å². The SMILES string of the molecule is CC1CCC2(CC1)NC(=O)N(CN1CCN(Cc3ccc(Br)s3)CC1)C2=O. The predicted octanol–water partition coefficient (Wildman–Crippen LogP) is 3.09. The van der Waals surface area contributed by atoms with E-state index in [9.17, 15) is 9.59 Å². The highest BCUT2D eigenvalue weighted by atomic mass is 79.9. The lowest BCUT2D eigenvalue weighted by molar-refractivity contribution is -0.134. The highest BCUT2D eigenvalue weighted by Gasteiger charge is 2.52. The van der Waals surface area contributed by atoms with Gasteiger partial charge in [0.2, 0.25) is 0 Å². The number of carbonyl (C=O) groups excluding carboxylic acids is 2. The molecule has 27 heavy (non-hydrogen) atoms. The molecule has 4 rings (SSSR count). The Balaban J connectivity index is 1.30. The summed E-state index contributed by atoms with van der Waals surface area (Å²) in [7, 11) is 0. The quantitative estimate of drug-likeness (QED) is 0.710. The first-order chi connectivity index (χ1) is 12.9. The molecule has 1 aliphatic carbocycles. The number of hydrogen-bond acceptors (Lipinski definition) is 5. The van der Waals surface area contributed by atoms with Crippen LogP contribution in [0.4, 0.5) is 4.79 Å². The Bertz CT molecular complexity index is 708. The molecule has 6 nitrogen and oxygen atoms in total. The van der Waals surface area contributed by atoms with E-state index in [4.69, 9.17) is 0 Å². The van der Waals surface area contributed by atoms with Crippen LogP contribution < -0.4 is 5.32 Å². The summed E-state index contributed by atoms with van der Waals surface area (Å²) < 4.78 is 1.17. The molecular formula is C19H27BrN4O2S. The maximum atomic E-state index is 13.0. The fraction of sp³-hybridized carbons (Fsp3) is 0.684. The Morgan fingerprint density at radius 1 is 1.15 bits per heavy atom. The molecule has 148 valence electrons. The van der Waals surface area contributed by atoms with Crippen LogP contribution in [-0.4, -0.2) is 65.0 Å². The zero-order chi connectivity index (χ0) is 19.0. The molecule has 0 bridgehead atoms. The van der Waals surface area contributed by atoms with Gasteiger partial charge in [0, 0.05) is 37.6 Å². The van der Waals surface area contributed by atoms with Gasteiger partial charge in [0.1, 0.15) is 5.54 Å². The average molecular weight is 455 g/mol. The third-order valence-electron chi connectivity index (χ3n) is 6.19. The Morgan fingerprint density at radius 2 is 1.81 bits per heavy atom. The van der Waals surface area contributed by atoms with Gasteiger partial charge in [-0.3, -0.25) is 14.6 Å². The van der Waals surface area contributed by atoms with Crippen molar-refractivity contribution in [2.45, 2.75) is 44.7 Å². The molecule has 0 radical (unpaired) electrons. The fourth-order valence-electron chi connectivity index (χ4n) is 4.34. The maximum Gasteiger partial charge on any atom is 0.326 e. The maximum absolute atomic E-state index is 13.0. The molecule has 3 aliphatic rings. The van der Waals surface area contributed by atoms with Gasteiger partial charge < -0.3 is 5.32 Å². The summed E-state index contributed by atoms with van der Waals surface area (Å²) >= 11 is 5.29. The first-order valence-corrected chi connectivity index (χ1v) is 11.4. The van der Waals surface area contributed by atoms with E-state index in [1.165, 1.54) is 13.6 Å². The number of thiophene rings is 1. The normalized spacial score (nSPS) is 30.3. The second kappa shape index (κ2) is 7.81. The van der Waals surface area contributed by atoms with E-state index in [0.717, 1.165) is 58.4 Å². The van der Waals surface area contributed by atoms with Crippen LogP contribution in [0.3, 0.4) is 0 Å². The Labute approximate surface area is 173 Å². The first-order valence-electron chi connectivity index (χ1n) is 9.78. The molecule has 1 N–H and O–H groups in total. The summed E-state index contributed by atoms with van der Waals surface area (Å²) in [5.74, 6) is 0.636. The monoisotopic (exact) mass is 454 g/mol. The minimum absolute atomic E-state index is 0.00901. The van der Waals surface area contributed by atoms with Gasteiger partial charge in [0.15, 0.2) is 0 Å². The lowest BCUT2D eigenvalue weighted by atomic mass is 9.77. The summed E-state index contributed by atoms with van der Waals surface area (Å²) in [6, 6.07) is 4.05. The van der Waals surface area contributed by atoms with Crippen molar-refractivity contribution >= 4 is 39.2 Å². The first kappa shape index (κ1) is 19.4. The molecule has 0 aromatic carbocycles. The van der Waals surface area contributed by atoms with Gasteiger partial charge in [-0.25, -0.2) is 9.69 Å². The van der Waals surface area contributed by atoms with Crippen LogP contribution in [0.15, 0.2) is 15.9 Å². The lowest BCUT2D eigenvalue weighted by Gasteiger charge is -2.36. The van der Waals surface area contributed by atoms with Gasteiger partial charge in [-0.1, -0.05) is 6.92 Å². The van der Waals surface area contributed by atoms with E-state index in [1.807, 2.05) is 0 Å². The minimum atomic E-state index is -0.627. The van der Waals surface area contributed by atoms with E-state index < -0.39 is 5.54 Å². The van der Waals surface area contributed by atoms with Crippen molar-refractivity contribution in [2.75, 3.05) is 32.8 Å². The molecule has 3 fully saturated rings. The van der Waals surface area contributed by atoms with E-state index in [-0.39, 0.29) is 11.9 Å². The molecule has 8 heteroatoms. The van der Waals surface area contributed by atoms with Gasteiger partial charge >= 0.3 is 6.03 Å². The number of halogens is 1. The molecule has 3 heterocycles. The molecule has 3 amide bonds. The van der Waals surface area contributed by atoms with Crippen LogP contribution in [0, 0.1) is 5.92 Å². The third kappa shape index (κ3) is 4.09. The number of amides is 3. The summed E-state index contributed by atoms with van der Waals surface area (Å²) in [5, 5.41) is 3.02. The van der Waals surface area contributed by atoms with Gasteiger partial charge in [0.05, 0.1) is 10.5 Å². The summed E-state index contributed by atoms with van der Waals surface area (Å²) in [6.07, 6.45) is 3.58. The number of hydrogen-bond donors (Lipinski definition) is 1. The van der Waals surface area contributed by atoms with Crippen molar-refractivity contribution < 1.29 is 9.59 Å². The van der Waals surface area contributed by atoms with Crippen molar-refractivity contribution in [1.82, 2.24) is 20.0 Å². The van der Waals surface area contributed by atoms with E-state index >= 15 is 0 Å². The summed E-state index contributed by atoms with van der Waals surface area (Å²) in [4.78, 5) is 32.9. The van der Waals surface area contributed by atoms with Crippen LogP contribution in [0.25, 0.3) is 0 Å². The van der Waals surface area contributed by atoms with E-state index in [2.05, 4.69) is 50.1 Å². The molecule has 2 saturated heterocycles. The van der Waals surface area contributed by atoms with Crippen LogP contribution in [-0.2, 0) is 11.3 Å². The summed E-state index contributed by atoms with van der Waals surface area (Å²) in [6.45, 7) is 7.29. The van der Waals surface area contributed by atoms with Crippen LogP contribution in [0.5, 0.6) is 0 Å². The van der Waals surface area contributed by atoms with Gasteiger partial charge in [-0.05, 0) is 59.7 Å². The molecule has 0 atom stereocenters. The van der Waals surface area contributed by atoms with Gasteiger partial charge in [-0.2, -0.15) is 0 Å². The molecule has 1 spiro atoms. The largest absolute Gasteiger partial charge is 0.326 e. The van der Waals surface area contributed by atoms with Crippen LogP contribution in [0.1, 0.15) is 37.5 Å². The molecule has 1 saturated carbocycles. The van der Waals surface area contributed by atoms with E-state index in [0.29, 0.717) is 12.6 Å².